The molecule has 14 rings (SSSR count). The first kappa shape index (κ1) is 34.1. The predicted molar refractivity (Wildman–Crippen MR) is 241 cm³/mol. The molecule has 288 valence electrons. The van der Waals surface area contributed by atoms with E-state index in [1.54, 1.807) is 0 Å². The third-order valence-corrected chi connectivity index (χ3v) is 14.1. The summed E-state index contributed by atoms with van der Waals surface area (Å²) in [5.74, 6) is 4.49. The number of benzene rings is 7. The normalized spacial score (nSPS) is 20.8. The van der Waals surface area contributed by atoms with Crippen molar-refractivity contribution in [3.63, 3.8) is 0 Å². The van der Waals surface area contributed by atoms with Gasteiger partial charge >= 0.3 is 0 Å². The van der Waals surface area contributed by atoms with Gasteiger partial charge in [0.2, 0.25) is 0 Å². The zero-order chi connectivity index (χ0) is 39.4. The van der Waals surface area contributed by atoms with E-state index in [9.17, 15) is 0 Å². The van der Waals surface area contributed by atoms with Gasteiger partial charge in [-0.2, -0.15) is 0 Å². The minimum Gasteiger partial charge on any atom is -0.456 e. The number of aromatic nitrogens is 3. The summed E-state index contributed by atoms with van der Waals surface area (Å²) in [5, 5.41) is 4.18. The van der Waals surface area contributed by atoms with Gasteiger partial charge in [-0.15, -0.1) is 0 Å². The fourth-order valence-electron chi connectivity index (χ4n) is 11.8. The third-order valence-electron chi connectivity index (χ3n) is 14.1. The summed E-state index contributed by atoms with van der Waals surface area (Å²) in [5.41, 5.74) is 12.1. The van der Waals surface area contributed by atoms with E-state index in [0.717, 1.165) is 101 Å². The molecule has 0 aliphatic heterocycles. The zero-order valence-corrected chi connectivity index (χ0v) is 33.1. The number of para-hydroxylation sites is 2. The van der Waals surface area contributed by atoms with Gasteiger partial charge in [-0.3, -0.25) is 0 Å². The molecule has 60 heavy (non-hydrogen) atoms. The number of hydrogen-bond donors (Lipinski definition) is 0. The Kier molecular flexibility index (Phi) is 7.42. The number of furan rings is 2. The lowest BCUT2D eigenvalue weighted by Gasteiger charge is -2.57. The van der Waals surface area contributed by atoms with Crippen LogP contribution in [0.2, 0.25) is 0 Å². The first-order valence-corrected chi connectivity index (χ1v) is 21.5. The van der Waals surface area contributed by atoms with Gasteiger partial charge in [0.15, 0.2) is 17.5 Å². The van der Waals surface area contributed by atoms with Crippen LogP contribution in [0.5, 0.6) is 0 Å². The van der Waals surface area contributed by atoms with Crippen molar-refractivity contribution in [2.75, 3.05) is 0 Å². The molecule has 4 saturated carbocycles. The van der Waals surface area contributed by atoms with Crippen LogP contribution < -0.4 is 0 Å². The topological polar surface area (TPSA) is 65.0 Å². The Bertz CT molecular complexity index is 3250. The Morgan fingerprint density at radius 3 is 1.48 bits per heavy atom. The maximum Gasteiger partial charge on any atom is 0.164 e. The first-order chi connectivity index (χ1) is 29.6. The zero-order valence-electron chi connectivity index (χ0n) is 33.1. The van der Waals surface area contributed by atoms with Gasteiger partial charge in [-0.25, -0.2) is 15.0 Å². The Balaban J connectivity index is 1.04. The minimum absolute atomic E-state index is 0.310. The first-order valence-electron chi connectivity index (χ1n) is 21.5. The number of fused-ring (bicyclic) bond motifs is 6. The molecule has 0 amide bonds. The summed E-state index contributed by atoms with van der Waals surface area (Å²) in [4.78, 5) is 16.1. The molecule has 4 aliphatic carbocycles. The molecule has 3 heterocycles. The molecule has 10 aromatic rings. The van der Waals surface area contributed by atoms with E-state index >= 15 is 0 Å². The van der Waals surface area contributed by atoms with Crippen molar-refractivity contribution in [1.29, 1.82) is 0 Å². The lowest BCUT2D eigenvalue weighted by atomic mass is 9.48. The summed E-state index contributed by atoms with van der Waals surface area (Å²) in [7, 11) is 0. The summed E-state index contributed by atoms with van der Waals surface area (Å²) in [6, 6.07) is 55.5. The largest absolute Gasteiger partial charge is 0.456 e. The van der Waals surface area contributed by atoms with Crippen LogP contribution in [0.3, 0.4) is 0 Å². The van der Waals surface area contributed by atoms with Crippen LogP contribution in [-0.4, -0.2) is 15.0 Å². The Hall–Kier alpha value is -6.85. The number of rotatable bonds is 6. The predicted octanol–water partition coefficient (Wildman–Crippen LogP) is 14.5. The van der Waals surface area contributed by atoms with E-state index in [-0.39, 0.29) is 0 Å². The van der Waals surface area contributed by atoms with E-state index in [0.29, 0.717) is 22.9 Å². The fourth-order valence-corrected chi connectivity index (χ4v) is 11.8. The van der Waals surface area contributed by atoms with Gasteiger partial charge in [-0.1, -0.05) is 121 Å². The quantitative estimate of drug-likeness (QED) is 0.168. The Labute approximate surface area is 347 Å². The van der Waals surface area contributed by atoms with Gasteiger partial charge in [-0.05, 0) is 126 Å². The second-order valence-electron chi connectivity index (χ2n) is 17.8. The average Bonchev–Trinajstić information content (AvgIpc) is 3.87. The van der Waals surface area contributed by atoms with E-state index in [4.69, 9.17) is 23.8 Å². The molecule has 5 nitrogen and oxygen atoms in total. The molecular formula is C55H41N3O2. The van der Waals surface area contributed by atoms with Crippen molar-refractivity contribution in [2.45, 2.75) is 43.9 Å². The highest BCUT2D eigenvalue weighted by Gasteiger charge is 2.51. The average molecular weight is 776 g/mol. The molecule has 5 heteroatoms. The summed E-state index contributed by atoms with van der Waals surface area (Å²) < 4.78 is 13.2. The Morgan fingerprint density at radius 2 is 0.867 bits per heavy atom. The molecule has 0 unspecified atom stereocenters. The van der Waals surface area contributed by atoms with Crippen LogP contribution in [0, 0.1) is 17.8 Å². The van der Waals surface area contributed by atoms with Crippen LogP contribution in [-0.2, 0) is 5.41 Å². The van der Waals surface area contributed by atoms with Gasteiger partial charge in [0.1, 0.15) is 22.3 Å². The molecule has 3 aromatic heterocycles. The van der Waals surface area contributed by atoms with Gasteiger partial charge in [0.05, 0.1) is 0 Å². The highest BCUT2D eigenvalue weighted by molar-refractivity contribution is 6.14. The Morgan fingerprint density at radius 1 is 0.383 bits per heavy atom. The second kappa shape index (κ2) is 13.1. The molecule has 0 atom stereocenters. The monoisotopic (exact) mass is 775 g/mol. The summed E-state index contributed by atoms with van der Waals surface area (Å²) in [6.07, 6.45) is 8.30. The summed E-state index contributed by atoms with van der Waals surface area (Å²) in [6.45, 7) is 0. The summed E-state index contributed by atoms with van der Waals surface area (Å²) >= 11 is 0. The van der Waals surface area contributed by atoms with Crippen LogP contribution in [0.15, 0.2) is 167 Å². The lowest BCUT2D eigenvalue weighted by Crippen LogP contribution is -2.48. The fraction of sp³-hybridized carbons (Fsp3) is 0.182. The molecule has 0 N–H and O–H groups in total. The van der Waals surface area contributed by atoms with Crippen molar-refractivity contribution < 1.29 is 8.83 Å². The van der Waals surface area contributed by atoms with E-state index in [2.05, 4.69) is 127 Å². The standard InChI is InChI=1S/C55H41N3O2/c1-3-11-36(12-4-1)39-26-45(51-43-16-8-10-18-47(43)59-48(51)28-39)54-57-52(38-19-21-41(22-20-38)55-30-33-23-34(31-55)25-35(24-33)32-55)56-53(58-54)40-27-44(37-13-5-2-6-14-37)50-42-15-7-9-17-46(42)60-49(50)29-40/h1-22,26-29,33-35H,23-25,30-32H2. The van der Waals surface area contributed by atoms with E-state index < -0.39 is 0 Å². The van der Waals surface area contributed by atoms with Gasteiger partial charge in [0.25, 0.3) is 0 Å². The van der Waals surface area contributed by atoms with E-state index in [1.807, 2.05) is 30.3 Å². The van der Waals surface area contributed by atoms with Crippen LogP contribution in [0.25, 0.3) is 100 Å². The van der Waals surface area contributed by atoms with Crippen LogP contribution in [0.1, 0.15) is 44.1 Å². The molecule has 0 saturated heterocycles. The molecular weight excluding hydrogens is 735 g/mol. The van der Waals surface area contributed by atoms with Gasteiger partial charge in [0, 0.05) is 38.2 Å². The van der Waals surface area contributed by atoms with Crippen molar-refractivity contribution in [3.05, 3.63) is 163 Å². The molecule has 7 aromatic carbocycles. The SMILES string of the molecule is c1ccc(-c2cc(-c3nc(-c4ccc(C56CC7CC(CC(C7)C5)C6)cc4)nc(-c4cc(-c5ccccc5)c5c(c4)oc4ccccc45)n3)c3c(c2)oc2ccccc23)cc1. The molecule has 4 bridgehead atoms. The second-order valence-corrected chi connectivity index (χ2v) is 17.8. The molecule has 0 spiro atoms. The van der Waals surface area contributed by atoms with Crippen molar-refractivity contribution in [1.82, 2.24) is 15.0 Å². The molecule has 0 radical (unpaired) electrons. The maximum absolute atomic E-state index is 6.60. The van der Waals surface area contributed by atoms with E-state index in [1.165, 1.54) is 44.1 Å². The van der Waals surface area contributed by atoms with Crippen LogP contribution in [0.4, 0.5) is 0 Å². The van der Waals surface area contributed by atoms with Crippen molar-refractivity contribution >= 4 is 43.9 Å². The van der Waals surface area contributed by atoms with Gasteiger partial charge < -0.3 is 8.83 Å². The smallest absolute Gasteiger partial charge is 0.164 e. The highest BCUT2D eigenvalue weighted by atomic mass is 16.3. The lowest BCUT2D eigenvalue weighted by molar-refractivity contribution is -0.00518. The van der Waals surface area contributed by atoms with Crippen molar-refractivity contribution in [3.8, 4) is 56.4 Å². The third kappa shape index (κ3) is 5.41. The molecule has 4 aliphatic rings. The maximum atomic E-state index is 6.60. The van der Waals surface area contributed by atoms with Crippen LogP contribution >= 0.6 is 0 Å². The number of nitrogens with zero attached hydrogens (tertiary/aromatic N) is 3. The number of hydrogen-bond acceptors (Lipinski definition) is 5. The molecule has 4 fully saturated rings. The minimum atomic E-state index is 0.310. The van der Waals surface area contributed by atoms with Crippen molar-refractivity contribution in [2.24, 2.45) is 17.8 Å². The highest BCUT2D eigenvalue weighted by Crippen LogP contribution is 2.60.